The lowest BCUT2D eigenvalue weighted by molar-refractivity contribution is -0.125. The predicted octanol–water partition coefficient (Wildman–Crippen LogP) is 4.16. The second kappa shape index (κ2) is 7.21. The first-order valence-electron chi connectivity index (χ1n) is 8.20. The van der Waals surface area contributed by atoms with Gasteiger partial charge in [-0.3, -0.25) is 4.79 Å². The van der Waals surface area contributed by atoms with Gasteiger partial charge >= 0.3 is 0 Å². The molecule has 0 spiro atoms. The average Bonchev–Trinajstić information content (AvgIpc) is 3.03. The van der Waals surface area contributed by atoms with Gasteiger partial charge in [-0.05, 0) is 32.1 Å². The Balaban J connectivity index is 1.50. The largest absolute Gasteiger partial charge is 0.349 e. The van der Waals surface area contributed by atoms with Gasteiger partial charge in [-0.25, -0.2) is 4.98 Å². The number of allylic oxidation sites excluding steroid dienone is 2. The number of carbonyl (C=O) groups is 1. The van der Waals surface area contributed by atoms with Crippen LogP contribution in [0.3, 0.4) is 0 Å². The number of rotatable bonds is 4. The fraction of sp³-hybridized carbons (Fsp3) is 0.647. The molecule has 1 saturated carbocycles. The molecule has 1 aromatic heterocycles. The quantitative estimate of drug-likeness (QED) is 0.849. The van der Waals surface area contributed by atoms with E-state index in [1.54, 1.807) is 11.3 Å². The predicted molar refractivity (Wildman–Crippen MR) is 86.3 cm³/mol. The fourth-order valence-electron chi connectivity index (χ4n) is 3.33. The summed E-state index contributed by atoms with van der Waals surface area (Å²) >= 11 is 1.69. The standard InChI is InChI=1S/C17H24N2OS/c20-17(14-9-5-2-6-10-14)18-11-16-19-15(12-21-16)13-7-3-1-4-8-13/h2,5,12-14H,1,3-4,6-11H2,(H,18,20)/t14-/m0/s1. The lowest BCUT2D eigenvalue weighted by atomic mass is 9.87. The van der Waals surface area contributed by atoms with Gasteiger partial charge in [0.15, 0.2) is 0 Å². The Hall–Kier alpha value is -1.16. The van der Waals surface area contributed by atoms with Crippen LogP contribution in [0.1, 0.15) is 68.0 Å². The molecule has 0 unspecified atom stereocenters. The third-order valence-electron chi connectivity index (χ3n) is 4.65. The smallest absolute Gasteiger partial charge is 0.223 e. The van der Waals surface area contributed by atoms with Crippen LogP contribution < -0.4 is 5.32 Å². The third kappa shape index (κ3) is 3.94. The second-order valence-electron chi connectivity index (χ2n) is 6.20. The number of thiazole rings is 1. The summed E-state index contributed by atoms with van der Waals surface area (Å²) in [4.78, 5) is 16.9. The highest BCUT2D eigenvalue weighted by atomic mass is 32.1. The van der Waals surface area contributed by atoms with E-state index in [0.29, 0.717) is 12.5 Å². The van der Waals surface area contributed by atoms with E-state index >= 15 is 0 Å². The minimum absolute atomic E-state index is 0.160. The van der Waals surface area contributed by atoms with Gasteiger partial charge < -0.3 is 5.32 Å². The van der Waals surface area contributed by atoms with Gasteiger partial charge in [-0.1, -0.05) is 31.4 Å². The summed E-state index contributed by atoms with van der Waals surface area (Å²) in [7, 11) is 0. The molecule has 2 aliphatic rings. The van der Waals surface area contributed by atoms with E-state index < -0.39 is 0 Å². The molecule has 0 aliphatic heterocycles. The van der Waals surface area contributed by atoms with E-state index in [2.05, 4.69) is 22.8 Å². The fourth-order valence-corrected chi connectivity index (χ4v) is 4.15. The molecular weight excluding hydrogens is 280 g/mol. The van der Waals surface area contributed by atoms with Crippen LogP contribution >= 0.6 is 11.3 Å². The molecule has 4 heteroatoms. The SMILES string of the molecule is O=C(NCc1nc(C2CCCCC2)cs1)[C@H]1CC=CCC1. The highest BCUT2D eigenvalue weighted by Gasteiger charge is 2.20. The number of nitrogens with one attached hydrogen (secondary N) is 1. The van der Waals surface area contributed by atoms with Crippen LogP contribution in [0.5, 0.6) is 0 Å². The number of amides is 1. The van der Waals surface area contributed by atoms with E-state index in [0.717, 1.165) is 24.3 Å². The minimum atomic E-state index is 0.160. The van der Waals surface area contributed by atoms with Crippen LogP contribution in [0.15, 0.2) is 17.5 Å². The molecule has 21 heavy (non-hydrogen) atoms. The molecule has 1 fully saturated rings. The maximum atomic E-state index is 12.1. The van der Waals surface area contributed by atoms with Gasteiger partial charge in [0, 0.05) is 17.2 Å². The Labute approximate surface area is 130 Å². The van der Waals surface area contributed by atoms with Gasteiger partial charge in [0.05, 0.1) is 12.2 Å². The monoisotopic (exact) mass is 304 g/mol. The minimum Gasteiger partial charge on any atom is -0.349 e. The molecule has 1 atom stereocenters. The summed E-state index contributed by atoms with van der Waals surface area (Å²) in [6.45, 7) is 0.594. The van der Waals surface area contributed by atoms with Gasteiger partial charge in [-0.2, -0.15) is 0 Å². The summed E-state index contributed by atoms with van der Waals surface area (Å²) in [5.74, 6) is 1.00. The van der Waals surface area contributed by atoms with Gasteiger partial charge in [0.1, 0.15) is 5.01 Å². The van der Waals surface area contributed by atoms with Crippen molar-refractivity contribution >= 4 is 17.2 Å². The zero-order valence-corrected chi connectivity index (χ0v) is 13.3. The van der Waals surface area contributed by atoms with Crippen molar-refractivity contribution in [2.24, 2.45) is 5.92 Å². The molecule has 1 aromatic rings. The number of hydrogen-bond acceptors (Lipinski definition) is 3. The van der Waals surface area contributed by atoms with Gasteiger partial charge in [0.25, 0.3) is 0 Å². The first kappa shape index (κ1) is 14.8. The summed E-state index contributed by atoms with van der Waals surface area (Å²) in [5.41, 5.74) is 1.25. The molecule has 1 heterocycles. The van der Waals surface area contributed by atoms with E-state index in [1.807, 2.05) is 0 Å². The third-order valence-corrected chi connectivity index (χ3v) is 5.51. The maximum Gasteiger partial charge on any atom is 0.223 e. The highest BCUT2D eigenvalue weighted by molar-refractivity contribution is 7.09. The average molecular weight is 304 g/mol. The van der Waals surface area contributed by atoms with Gasteiger partial charge in [-0.15, -0.1) is 11.3 Å². The number of carbonyl (C=O) groups excluding carboxylic acids is 1. The Kier molecular flexibility index (Phi) is 5.07. The summed E-state index contributed by atoms with van der Waals surface area (Å²) in [6, 6.07) is 0. The van der Waals surface area contributed by atoms with Crippen LogP contribution in [0.4, 0.5) is 0 Å². The van der Waals surface area contributed by atoms with Gasteiger partial charge in [0.2, 0.25) is 5.91 Å². The van der Waals surface area contributed by atoms with E-state index in [4.69, 9.17) is 4.98 Å². The lowest BCUT2D eigenvalue weighted by Gasteiger charge is -2.19. The van der Waals surface area contributed by atoms with Crippen molar-refractivity contribution in [3.05, 3.63) is 28.2 Å². The second-order valence-corrected chi connectivity index (χ2v) is 7.14. The van der Waals surface area contributed by atoms with Crippen LogP contribution in [0.25, 0.3) is 0 Å². The molecule has 0 bridgehead atoms. The van der Waals surface area contributed by atoms with E-state index in [-0.39, 0.29) is 11.8 Å². The molecule has 1 N–H and O–H groups in total. The van der Waals surface area contributed by atoms with Crippen LogP contribution in [0.2, 0.25) is 0 Å². The lowest BCUT2D eigenvalue weighted by Crippen LogP contribution is -2.30. The van der Waals surface area contributed by atoms with Crippen LogP contribution in [0, 0.1) is 5.92 Å². The summed E-state index contributed by atoms with van der Waals surface area (Å²) < 4.78 is 0. The Morgan fingerprint density at radius 2 is 2.10 bits per heavy atom. The van der Waals surface area contributed by atoms with Crippen molar-refractivity contribution in [1.82, 2.24) is 10.3 Å². The first-order chi connectivity index (χ1) is 10.3. The number of hydrogen-bond donors (Lipinski definition) is 1. The molecule has 0 radical (unpaired) electrons. The first-order valence-corrected chi connectivity index (χ1v) is 9.08. The zero-order chi connectivity index (χ0) is 14.5. The van der Waals surface area contributed by atoms with E-state index in [1.165, 1.54) is 37.8 Å². The normalized spacial score (nSPS) is 23.1. The molecule has 1 amide bonds. The van der Waals surface area contributed by atoms with Crippen molar-refractivity contribution in [1.29, 1.82) is 0 Å². The van der Waals surface area contributed by atoms with E-state index in [9.17, 15) is 4.79 Å². The Bertz CT molecular complexity index is 503. The highest BCUT2D eigenvalue weighted by Crippen LogP contribution is 2.33. The molecule has 0 aromatic carbocycles. The molecule has 0 saturated heterocycles. The zero-order valence-electron chi connectivity index (χ0n) is 12.5. The van der Waals surface area contributed by atoms with Crippen molar-refractivity contribution < 1.29 is 4.79 Å². The molecule has 3 nitrogen and oxygen atoms in total. The van der Waals surface area contributed by atoms with Crippen molar-refractivity contribution in [3.63, 3.8) is 0 Å². The van der Waals surface area contributed by atoms with Crippen molar-refractivity contribution in [3.8, 4) is 0 Å². The number of nitrogens with zero attached hydrogens (tertiary/aromatic N) is 1. The molecular formula is C17H24N2OS. The van der Waals surface area contributed by atoms with Crippen LogP contribution in [-0.2, 0) is 11.3 Å². The molecule has 3 rings (SSSR count). The topological polar surface area (TPSA) is 42.0 Å². The van der Waals surface area contributed by atoms with Crippen molar-refractivity contribution in [2.75, 3.05) is 0 Å². The summed E-state index contributed by atoms with van der Waals surface area (Å²) in [5, 5.41) is 6.31. The Morgan fingerprint density at radius 3 is 2.86 bits per heavy atom. The molecule has 2 aliphatic carbocycles. The van der Waals surface area contributed by atoms with Crippen molar-refractivity contribution in [2.45, 2.75) is 63.8 Å². The Morgan fingerprint density at radius 1 is 1.24 bits per heavy atom. The molecule has 114 valence electrons. The maximum absolute atomic E-state index is 12.1. The number of aromatic nitrogens is 1. The van der Waals surface area contributed by atoms with Crippen LogP contribution in [-0.4, -0.2) is 10.9 Å². The summed E-state index contributed by atoms with van der Waals surface area (Å²) in [6.07, 6.45) is 13.8.